The zero-order valence-corrected chi connectivity index (χ0v) is 15.7. The van der Waals surface area contributed by atoms with Crippen molar-refractivity contribution in [2.24, 2.45) is 4.99 Å². The third kappa shape index (κ3) is 5.81. The summed E-state index contributed by atoms with van der Waals surface area (Å²) in [6.45, 7) is 2.76. The molecule has 0 aliphatic carbocycles. The molecule has 0 amide bonds. The summed E-state index contributed by atoms with van der Waals surface area (Å²) in [7, 11) is 1.87. The molecule has 0 spiro atoms. The molecule has 2 aromatic carbocycles. The number of para-hydroxylation sites is 1. The fourth-order valence-corrected chi connectivity index (χ4v) is 2.59. The van der Waals surface area contributed by atoms with E-state index < -0.39 is 6.36 Å². The monoisotopic (exact) mass is 404 g/mol. The maximum Gasteiger partial charge on any atom is 0.573 e. The van der Waals surface area contributed by atoms with Gasteiger partial charge < -0.3 is 9.64 Å². The molecule has 26 heavy (non-hydrogen) atoms. The Balaban J connectivity index is 2.29. The molecular weight excluding hydrogens is 388 g/mol. The number of halogens is 5. The van der Waals surface area contributed by atoms with Gasteiger partial charge in [0.2, 0.25) is 0 Å². The molecule has 0 bridgehead atoms. The van der Waals surface area contributed by atoms with Gasteiger partial charge >= 0.3 is 6.36 Å². The highest BCUT2D eigenvalue weighted by Crippen LogP contribution is 2.34. The second kappa shape index (κ2) is 8.64. The molecule has 0 saturated heterocycles. The number of rotatable bonds is 6. The van der Waals surface area contributed by atoms with Crippen LogP contribution in [-0.4, -0.2) is 31.2 Å². The van der Waals surface area contributed by atoms with Gasteiger partial charge in [-0.05, 0) is 36.2 Å². The van der Waals surface area contributed by atoms with E-state index in [0.29, 0.717) is 26.9 Å². The summed E-state index contributed by atoms with van der Waals surface area (Å²) >= 11 is 12.5. The van der Waals surface area contributed by atoms with Crippen LogP contribution in [0.15, 0.2) is 41.4 Å². The number of hydrogen-bond donors (Lipinski definition) is 0. The molecule has 140 valence electrons. The van der Waals surface area contributed by atoms with Crippen LogP contribution in [0.5, 0.6) is 5.75 Å². The Bertz CT molecular complexity index is 794. The lowest BCUT2D eigenvalue weighted by Crippen LogP contribution is -2.18. The van der Waals surface area contributed by atoms with E-state index in [4.69, 9.17) is 23.2 Å². The fraction of sp³-hybridized carbons (Fsp3) is 0.278. The predicted molar refractivity (Wildman–Crippen MR) is 98.8 cm³/mol. The van der Waals surface area contributed by atoms with E-state index in [0.717, 1.165) is 6.54 Å². The van der Waals surface area contributed by atoms with Gasteiger partial charge in [0.15, 0.2) is 0 Å². The summed E-state index contributed by atoms with van der Waals surface area (Å²) in [5, 5.41) is 0.724. The Kier molecular flexibility index (Phi) is 6.78. The smallest absolute Gasteiger partial charge is 0.405 e. The first-order chi connectivity index (χ1) is 12.2. The highest BCUT2D eigenvalue weighted by molar-refractivity contribution is 6.35. The maximum atomic E-state index is 12.5. The summed E-state index contributed by atoms with van der Waals surface area (Å²) in [6, 6.07) is 9.11. The average molecular weight is 405 g/mol. The first-order valence-corrected chi connectivity index (χ1v) is 8.51. The zero-order chi connectivity index (χ0) is 19.3. The van der Waals surface area contributed by atoms with Gasteiger partial charge in [-0.25, -0.2) is 4.99 Å². The Labute approximate surface area is 160 Å². The number of aliphatic imine (C=N–C) groups is 1. The molecule has 0 heterocycles. The standard InChI is InChI=1S/C18H17Cl2F3N2O/c1-3-25(2)11-24-16-10-14(19)13(9-15(16)20)8-12-6-4-5-7-17(12)26-18(21,22)23/h4-7,9-11H,3,8H2,1-2H3. The third-order valence-electron chi connectivity index (χ3n) is 3.59. The lowest BCUT2D eigenvalue weighted by atomic mass is 10.0. The number of nitrogens with zero attached hydrogens (tertiary/aromatic N) is 2. The van der Waals surface area contributed by atoms with Crippen molar-refractivity contribution in [1.82, 2.24) is 4.90 Å². The van der Waals surface area contributed by atoms with Crippen molar-refractivity contribution in [2.45, 2.75) is 19.7 Å². The SMILES string of the molecule is CCN(C)C=Nc1cc(Cl)c(Cc2ccccc2OC(F)(F)F)cc1Cl. The second-order valence-corrected chi connectivity index (χ2v) is 6.36. The molecule has 2 aromatic rings. The summed E-state index contributed by atoms with van der Waals surface area (Å²) < 4.78 is 41.7. The van der Waals surface area contributed by atoms with E-state index in [-0.39, 0.29) is 12.2 Å². The highest BCUT2D eigenvalue weighted by Gasteiger charge is 2.32. The van der Waals surface area contributed by atoms with Crippen LogP contribution in [0.4, 0.5) is 18.9 Å². The minimum Gasteiger partial charge on any atom is -0.405 e. The molecule has 0 aliphatic heterocycles. The van der Waals surface area contributed by atoms with Gasteiger partial charge in [-0.15, -0.1) is 13.2 Å². The van der Waals surface area contributed by atoms with E-state index >= 15 is 0 Å². The van der Waals surface area contributed by atoms with Gasteiger partial charge in [0.05, 0.1) is 17.0 Å². The molecular formula is C18H17Cl2F3N2O. The molecule has 3 nitrogen and oxygen atoms in total. The molecule has 2 rings (SSSR count). The molecule has 0 atom stereocenters. The molecule has 0 saturated carbocycles. The van der Waals surface area contributed by atoms with Crippen LogP contribution in [0.1, 0.15) is 18.1 Å². The summed E-state index contributed by atoms with van der Waals surface area (Å²) in [6.07, 6.45) is -2.99. The molecule has 0 aromatic heterocycles. The first kappa shape index (κ1) is 20.4. The van der Waals surface area contributed by atoms with Crippen LogP contribution in [0.3, 0.4) is 0 Å². The normalized spacial score (nSPS) is 11.8. The predicted octanol–water partition coefficient (Wildman–Crippen LogP) is 6.09. The van der Waals surface area contributed by atoms with E-state index in [1.54, 1.807) is 30.6 Å². The molecule has 0 aliphatic rings. The number of ether oxygens (including phenoxy) is 1. The number of alkyl halides is 3. The Hall–Kier alpha value is -1.92. The quantitative estimate of drug-likeness (QED) is 0.429. The van der Waals surface area contributed by atoms with Gasteiger partial charge in [0.1, 0.15) is 5.75 Å². The molecule has 8 heteroatoms. The van der Waals surface area contributed by atoms with E-state index in [1.165, 1.54) is 12.1 Å². The second-order valence-electron chi connectivity index (χ2n) is 5.55. The van der Waals surface area contributed by atoms with Crippen LogP contribution in [0.2, 0.25) is 10.0 Å². The molecule has 0 fully saturated rings. The van der Waals surface area contributed by atoms with E-state index in [2.05, 4.69) is 9.73 Å². The van der Waals surface area contributed by atoms with Crippen LogP contribution in [0.25, 0.3) is 0 Å². The third-order valence-corrected chi connectivity index (χ3v) is 4.24. The largest absolute Gasteiger partial charge is 0.573 e. The Morgan fingerprint density at radius 1 is 1.12 bits per heavy atom. The van der Waals surface area contributed by atoms with E-state index in [9.17, 15) is 13.2 Å². The highest BCUT2D eigenvalue weighted by atomic mass is 35.5. The topological polar surface area (TPSA) is 24.8 Å². The van der Waals surface area contributed by atoms with Crippen molar-refractivity contribution in [3.8, 4) is 5.75 Å². The molecule has 0 N–H and O–H groups in total. The van der Waals surface area contributed by atoms with Gasteiger partial charge in [0, 0.05) is 25.0 Å². The van der Waals surface area contributed by atoms with Crippen molar-refractivity contribution in [2.75, 3.05) is 13.6 Å². The minimum atomic E-state index is -4.76. The fourth-order valence-electron chi connectivity index (χ4n) is 2.13. The van der Waals surface area contributed by atoms with Crippen molar-refractivity contribution >= 4 is 35.2 Å². The van der Waals surface area contributed by atoms with Gasteiger partial charge in [0.25, 0.3) is 0 Å². The van der Waals surface area contributed by atoms with Gasteiger partial charge in [-0.3, -0.25) is 0 Å². The first-order valence-electron chi connectivity index (χ1n) is 7.75. The zero-order valence-electron chi connectivity index (χ0n) is 14.1. The average Bonchev–Trinajstić information content (AvgIpc) is 2.56. The molecule has 0 unspecified atom stereocenters. The van der Waals surface area contributed by atoms with Crippen LogP contribution in [-0.2, 0) is 6.42 Å². The summed E-state index contributed by atoms with van der Waals surface area (Å²) in [4.78, 5) is 6.13. The van der Waals surface area contributed by atoms with Crippen molar-refractivity contribution in [3.05, 3.63) is 57.6 Å². The van der Waals surface area contributed by atoms with Crippen LogP contribution in [0, 0.1) is 0 Å². The van der Waals surface area contributed by atoms with E-state index in [1.807, 2.05) is 18.9 Å². The molecule has 0 radical (unpaired) electrons. The summed E-state index contributed by atoms with van der Waals surface area (Å²) in [5.74, 6) is -0.265. The minimum absolute atomic E-state index is 0.143. The lowest BCUT2D eigenvalue weighted by Gasteiger charge is -2.14. The Morgan fingerprint density at radius 2 is 1.81 bits per heavy atom. The lowest BCUT2D eigenvalue weighted by molar-refractivity contribution is -0.274. The van der Waals surface area contributed by atoms with Crippen molar-refractivity contribution in [1.29, 1.82) is 0 Å². The van der Waals surface area contributed by atoms with Crippen molar-refractivity contribution < 1.29 is 17.9 Å². The Morgan fingerprint density at radius 3 is 2.46 bits per heavy atom. The van der Waals surface area contributed by atoms with Gasteiger partial charge in [-0.1, -0.05) is 41.4 Å². The van der Waals surface area contributed by atoms with Crippen LogP contribution >= 0.6 is 23.2 Å². The number of benzene rings is 2. The van der Waals surface area contributed by atoms with Crippen LogP contribution < -0.4 is 4.74 Å². The van der Waals surface area contributed by atoms with Gasteiger partial charge in [-0.2, -0.15) is 0 Å². The maximum absolute atomic E-state index is 12.5. The number of hydrogen-bond acceptors (Lipinski definition) is 2. The van der Waals surface area contributed by atoms with Crippen molar-refractivity contribution in [3.63, 3.8) is 0 Å². The summed E-state index contributed by atoms with van der Waals surface area (Å²) in [5.41, 5.74) is 1.42.